The van der Waals surface area contributed by atoms with Crippen LogP contribution >= 0.6 is 0 Å². The van der Waals surface area contributed by atoms with Crippen molar-refractivity contribution in [2.45, 2.75) is 6.36 Å². The van der Waals surface area contributed by atoms with Crippen molar-refractivity contribution < 1.29 is 23.0 Å². The number of halogens is 3. The average Bonchev–Trinajstić information content (AvgIpc) is 2.53. The summed E-state index contributed by atoms with van der Waals surface area (Å²) in [6.07, 6.45) is 2.57. The van der Waals surface area contributed by atoms with Gasteiger partial charge in [-0.25, -0.2) is 4.99 Å². The van der Waals surface area contributed by atoms with Crippen LogP contribution < -0.4 is 10.1 Å². The number of nitrogens with zero attached hydrogens (tertiary/aromatic N) is 2. The van der Waals surface area contributed by atoms with Crippen LogP contribution in [0.2, 0.25) is 0 Å². The van der Waals surface area contributed by atoms with Gasteiger partial charge in [-0.3, -0.25) is 0 Å². The van der Waals surface area contributed by atoms with Crippen LogP contribution in [0.5, 0.6) is 5.75 Å². The quantitative estimate of drug-likeness (QED) is 0.887. The Morgan fingerprint density at radius 2 is 2.12 bits per heavy atom. The number of allylic oxidation sites excluding steroid dienone is 2. The third-order valence-corrected chi connectivity index (χ3v) is 3.36. The van der Waals surface area contributed by atoms with Crippen molar-refractivity contribution in [3.05, 3.63) is 60.1 Å². The molecule has 2 aliphatic rings. The first-order valence-corrected chi connectivity index (χ1v) is 7.10. The van der Waals surface area contributed by atoms with Gasteiger partial charge in [0.05, 0.1) is 13.2 Å². The largest absolute Gasteiger partial charge is 0.573 e. The molecule has 0 amide bonds. The van der Waals surface area contributed by atoms with Crippen LogP contribution in [0.1, 0.15) is 0 Å². The fraction of sp³-hybridized carbons (Fsp3) is 0.188. The van der Waals surface area contributed by atoms with Gasteiger partial charge in [0.1, 0.15) is 17.4 Å². The Balaban J connectivity index is 1.83. The Morgan fingerprint density at radius 1 is 1.29 bits per heavy atom. The molecule has 2 heterocycles. The predicted octanol–water partition coefficient (Wildman–Crippen LogP) is 3.00. The summed E-state index contributed by atoms with van der Waals surface area (Å²) in [5.41, 5.74) is 1.01. The molecule has 0 unspecified atom stereocenters. The van der Waals surface area contributed by atoms with Crippen LogP contribution in [-0.2, 0) is 0 Å². The lowest BCUT2D eigenvalue weighted by Gasteiger charge is -2.29. The first-order chi connectivity index (χ1) is 11.4. The molecular formula is C16H14F3N3O2. The number of rotatable bonds is 4. The number of hydrogen-bond acceptors (Lipinski definition) is 5. The van der Waals surface area contributed by atoms with Gasteiger partial charge < -0.3 is 20.1 Å². The molecule has 0 aromatic heterocycles. The number of ether oxygens (including phenoxy) is 1. The van der Waals surface area contributed by atoms with Gasteiger partial charge >= 0.3 is 6.36 Å². The molecule has 0 spiro atoms. The molecule has 5 nitrogen and oxygen atoms in total. The summed E-state index contributed by atoms with van der Waals surface area (Å²) in [7, 11) is 0. The van der Waals surface area contributed by atoms with E-state index in [1.54, 1.807) is 12.1 Å². The summed E-state index contributed by atoms with van der Waals surface area (Å²) in [6.45, 7) is 0.225. The van der Waals surface area contributed by atoms with E-state index >= 15 is 0 Å². The van der Waals surface area contributed by atoms with Crippen molar-refractivity contribution in [2.24, 2.45) is 4.99 Å². The van der Waals surface area contributed by atoms with Crippen LogP contribution in [0.4, 0.5) is 18.9 Å². The maximum Gasteiger partial charge on any atom is 0.573 e. The monoisotopic (exact) mass is 337 g/mol. The molecule has 24 heavy (non-hydrogen) atoms. The fourth-order valence-corrected chi connectivity index (χ4v) is 2.33. The topological polar surface area (TPSA) is 57.1 Å². The Bertz CT molecular complexity index is 751. The Morgan fingerprint density at radius 3 is 2.88 bits per heavy atom. The molecule has 0 radical (unpaired) electrons. The van der Waals surface area contributed by atoms with Crippen LogP contribution in [-0.4, -0.2) is 35.4 Å². The molecule has 126 valence electrons. The minimum absolute atomic E-state index is 0.216. The zero-order valence-corrected chi connectivity index (χ0v) is 12.4. The molecular weight excluding hydrogens is 323 g/mol. The van der Waals surface area contributed by atoms with Gasteiger partial charge in [-0.2, -0.15) is 0 Å². The fourth-order valence-electron chi connectivity index (χ4n) is 2.33. The van der Waals surface area contributed by atoms with Gasteiger partial charge in [0.2, 0.25) is 0 Å². The molecule has 0 aliphatic carbocycles. The van der Waals surface area contributed by atoms with Gasteiger partial charge in [-0.15, -0.1) is 13.2 Å². The van der Waals surface area contributed by atoms with Gasteiger partial charge in [-0.05, 0) is 24.3 Å². The summed E-state index contributed by atoms with van der Waals surface area (Å²) in [6, 6.07) is 5.46. The van der Waals surface area contributed by atoms with Gasteiger partial charge in [0.25, 0.3) is 0 Å². The molecule has 1 aromatic carbocycles. The van der Waals surface area contributed by atoms with Crippen LogP contribution in [0, 0.1) is 0 Å². The summed E-state index contributed by atoms with van der Waals surface area (Å²) in [5.74, 6) is 0.761. The summed E-state index contributed by atoms with van der Waals surface area (Å²) >= 11 is 0. The molecule has 0 saturated carbocycles. The van der Waals surface area contributed by atoms with E-state index in [0.717, 1.165) is 0 Å². The number of nitrogens with one attached hydrogen (secondary N) is 1. The van der Waals surface area contributed by atoms with Crippen molar-refractivity contribution in [3.63, 3.8) is 0 Å². The van der Waals surface area contributed by atoms with Gasteiger partial charge in [0, 0.05) is 23.5 Å². The lowest BCUT2D eigenvalue weighted by atomic mass is 10.2. The third kappa shape index (κ3) is 3.77. The van der Waals surface area contributed by atoms with Crippen LogP contribution in [0.25, 0.3) is 0 Å². The van der Waals surface area contributed by atoms with Crippen molar-refractivity contribution in [1.82, 2.24) is 4.90 Å². The molecule has 0 atom stereocenters. The molecule has 0 saturated heterocycles. The van der Waals surface area contributed by atoms with E-state index in [9.17, 15) is 18.3 Å². The zero-order chi connectivity index (χ0) is 17.2. The maximum absolute atomic E-state index is 12.3. The minimum Gasteiger partial charge on any atom is -0.406 e. The van der Waals surface area contributed by atoms with E-state index in [1.807, 2.05) is 23.3 Å². The van der Waals surface area contributed by atoms with Gasteiger partial charge in [0.15, 0.2) is 0 Å². The molecule has 2 aliphatic heterocycles. The maximum atomic E-state index is 12.3. The first kappa shape index (κ1) is 16.1. The smallest absolute Gasteiger partial charge is 0.406 e. The number of hydrogen-bond donors (Lipinski definition) is 2. The second-order valence-corrected chi connectivity index (χ2v) is 5.11. The highest BCUT2D eigenvalue weighted by Crippen LogP contribution is 2.27. The van der Waals surface area contributed by atoms with E-state index in [4.69, 9.17) is 0 Å². The number of fused-ring (bicyclic) bond motifs is 1. The molecule has 2 N–H and O–H groups in total. The van der Waals surface area contributed by atoms with Crippen molar-refractivity contribution >= 4 is 11.5 Å². The van der Waals surface area contributed by atoms with E-state index in [2.05, 4.69) is 15.0 Å². The Hall–Kier alpha value is -2.74. The number of aliphatic hydroxyl groups excluding tert-OH is 1. The van der Waals surface area contributed by atoms with E-state index in [1.165, 1.54) is 18.2 Å². The first-order valence-electron chi connectivity index (χ1n) is 7.10. The standard InChI is InChI=1S/C16H14F3N3O2/c17-16(18,19)24-13-5-3-4-12(8-13)20-15-11(10-23)9-22-7-2-1-6-14(22)21-15/h1-8,20,23H,9-10H2. The average molecular weight is 337 g/mol. The minimum atomic E-state index is -4.75. The highest BCUT2D eigenvalue weighted by molar-refractivity contribution is 5.96. The molecule has 8 heteroatoms. The second-order valence-electron chi connectivity index (χ2n) is 5.11. The summed E-state index contributed by atoms with van der Waals surface area (Å²) < 4.78 is 40.8. The van der Waals surface area contributed by atoms with Crippen molar-refractivity contribution in [1.29, 1.82) is 0 Å². The predicted molar refractivity (Wildman–Crippen MR) is 83.3 cm³/mol. The Kier molecular flexibility index (Phi) is 4.30. The van der Waals surface area contributed by atoms with E-state index in [-0.39, 0.29) is 12.4 Å². The van der Waals surface area contributed by atoms with Crippen LogP contribution in [0.3, 0.4) is 0 Å². The molecule has 0 bridgehead atoms. The number of alkyl halides is 3. The molecule has 0 fully saturated rings. The number of amidine groups is 1. The highest BCUT2D eigenvalue weighted by atomic mass is 19.4. The normalized spacial score (nSPS) is 16.8. The lowest BCUT2D eigenvalue weighted by Crippen LogP contribution is -2.33. The number of anilines is 1. The molecule has 1 aromatic rings. The Labute approximate surface area is 136 Å². The van der Waals surface area contributed by atoms with Crippen molar-refractivity contribution in [2.75, 3.05) is 18.5 Å². The lowest BCUT2D eigenvalue weighted by molar-refractivity contribution is -0.274. The zero-order valence-electron chi connectivity index (χ0n) is 12.4. The van der Waals surface area contributed by atoms with Gasteiger partial charge in [-0.1, -0.05) is 12.1 Å². The number of aliphatic hydroxyl groups is 1. The number of benzene rings is 1. The van der Waals surface area contributed by atoms with Crippen LogP contribution in [0.15, 0.2) is 65.1 Å². The van der Waals surface area contributed by atoms with E-state index in [0.29, 0.717) is 29.5 Å². The van der Waals surface area contributed by atoms with Crippen molar-refractivity contribution in [3.8, 4) is 5.75 Å². The number of aliphatic imine (C=N–C) groups is 1. The summed E-state index contributed by atoms with van der Waals surface area (Å²) in [5, 5.41) is 12.5. The SMILES string of the molecule is OCC1=C(Nc2cccc(OC(F)(F)F)c2)N=C2C=CC=CN2C1. The second kappa shape index (κ2) is 6.40. The third-order valence-electron chi connectivity index (χ3n) is 3.36. The molecule has 3 rings (SSSR count). The van der Waals surface area contributed by atoms with E-state index < -0.39 is 6.36 Å². The highest BCUT2D eigenvalue weighted by Gasteiger charge is 2.31. The summed E-state index contributed by atoms with van der Waals surface area (Å²) in [4.78, 5) is 6.27.